The van der Waals surface area contributed by atoms with Crippen molar-refractivity contribution in [2.45, 2.75) is 38.2 Å². The molecule has 0 aliphatic heterocycles. The number of hydrogen-bond acceptors (Lipinski definition) is 3. The molecule has 0 amide bonds. The Morgan fingerprint density at radius 3 is 2.62 bits per heavy atom. The van der Waals surface area contributed by atoms with Crippen molar-refractivity contribution in [1.29, 1.82) is 0 Å². The van der Waals surface area contributed by atoms with Gasteiger partial charge in [0.2, 0.25) is 0 Å². The van der Waals surface area contributed by atoms with E-state index in [2.05, 4.69) is 0 Å². The van der Waals surface area contributed by atoms with Gasteiger partial charge in [0, 0.05) is 6.42 Å². The van der Waals surface area contributed by atoms with E-state index in [1.54, 1.807) is 11.8 Å². The average molecular weight is 206 g/mol. The van der Waals surface area contributed by atoms with Gasteiger partial charge in [-0.1, -0.05) is 6.42 Å². The molecular formula is C9H18O3S. The van der Waals surface area contributed by atoms with E-state index in [0.29, 0.717) is 6.42 Å². The van der Waals surface area contributed by atoms with E-state index in [4.69, 9.17) is 5.11 Å². The van der Waals surface area contributed by atoms with Crippen molar-refractivity contribution in [2.75, 3.05) is 12.0 Å². The summed E-state index contributed by atoms with van der Waals surface area (Å²) in [6.07, 6.45) is 5.00. The third-order valence-corrected chi connectivity index (χ3v) is 2.48. The Bertz CT molecular complexity index is 139. The molecule has 0 saturated carbocycles. The van der Waals surface area contributed by atoms with E-state index in [-0.39, 0.29) is 12.5 Å². The van der Waals surface area contributed by atoms with Gasteiger partial charge in [0.1, 0.15) is 0 Å². The van der Waals surface area contributed by atoms with Crippen LogP contribution in [0.3, 0.4) is 0 Å². The van der Waals surface area contributed by atoms with Crippen LogP contribution in [0.1, 0.15) is 32.1 Å². The molecule has 0 spiro atoms. The summed E-state index contributed by atoms with van der Waals surface area (Å²) in [6.45, 7) is 0. The predicted octanol–water partition coefficient (Wildman–Crippen LogP) is 1.75. The molecule has 78 valence electrons. The molecule has 2 N–H and O–H groups in total. The van der Waals surface area contributed by atoms with Gasteiger partial charge in [-0.2, -0.15) is 11.8 Å². The smallest absolute Gasteiger partial charge is 0.303 e. The van der Waals surface area contributed by atoms with Crippen LogP contribution in [-0.2, 0) is 4.79 Å². The first-order valence-electron chi connectivity index (χ1n) is 4.55. The number of unbranched alkanes of at least 4 members (excludes halogenated alkanes) is 1. The molecule has 0 aliphatic carbocycles. The Labute approximate surface area is 83.5 Å². The molecule has 0 aliphatic rings. The number of carboxylic acid groups (broad SMARTS) is 1. The van der Waals surface area contributed by atoms with Crippen LogP contribution in [-0.4, -0.2) is 34.3 Å². The minimum atomic E-state index is -0.751. The van der Waals surface area contributed by atoms with E-state index < -0.39 is 5.97 Å². The second-order valence-electron chi connectivity index (χ2n) is 3.07. The Balaban J connectivity index is 3.16. The van der Waals surface area contributed by atoms with Crippen LogP contribution in [0.25, 0.3) is 0 Å². The van der Waals surface area contributed by atoms with Crippen molar-refractivity contribution in [3.05, 3.63) is 0 Å². The van der Waals surface area contributed by atoms with Crippen molar-refractivity contribution in [3.8, 4) is 0 Å². The quantitative estimate of drug-likeness (QED) is 0.594. The molecule has 0 aromatic heterocycles. The maximum atomic E-state index is 10.2. The Kier molecular flexibility index (Phi) is 8.24. The van der Waals surface area contributed by atoms with E-state index in [0.717, 1.165) is 25.0 Å². The lowest BCUT2D eigenvalue weighted by atomic mass is 10.1. The fourth-order valence-corrected chi connectivity index (χ4v) is 1.56. The molecule has 1 atom stereocenters. The number of carbonyl (C=O) groups is 1. The zero-order valence-corrected chi connectivity index (χ0v) is 8.85. The highest BCUT2D eigenvalue weighted by Crippen LogP contribution is 2.08. The van der Waals surface area contributed by atoms with Gasteiger partial charge < -0.3 is 10.2 Å². The Hall–Kier alpha value is -0.220. The van der Waals surface area contributed by atoms with E-state index >= 15 is 0 Å². The fraction of sp³-hybridized carbons (Fsp3) is 0.889. The number of aliphatic hydroxyl groups excluding tert-OH is 1. The normalized spacial score (nSPS) is 12.8. The first-order valence-corrected chi connectivity index (χ1v) is 5.95. The second-order valence-corrected chi connectivity index (χ2v) is 4.06. The molecule has 0 bridgehead atoms. The van der Waals surface area contributed by atoms with Gasteiger partial charge >= 0.3 is 5.97 Å². The van der Waals surface area contributed by atoms with Crippen molar-refractivity contribution in [1.82, 2.24) is 0 Å². The van der Waals surface area contributed by atoms with Crippen molar-refractivity contribution in [2.24, 2.45) is 0 Å². The molecule has 1 unspecified atom stereocenters. The molecular weight excluding hydrogens is 188 g/mol. The molecule has 0 saturated heterocycles. The first-order chi connectivity index (χ1) is 6.16. The highest BCUT2D eigenvalue weighted by atomic mass is 32.2. The molecule has 0 aromatic carbocycles. The highest BCUT2D eigenvalue weighted by Gasteiger charge is 2.03. The predicted molar refractivity (Wildman–Crippen MR) is 55.1 cm³/mol. The summed E-state index contributed by atoms with van der Waals surface area (Å²) < 4.78 is 0. The van der Waals surface area contributed by atoms with Gasteiger partial charge in [0.05, 0.1) is 6.10 Å². The van der Waals surface area contributed by atoms with Gasteiger partial charge in [-0.15, -0.1) is 0 Å². The van der Waals surface area contributed by atoms with Gasteiger partial charge in [0.25, 0.3) is 0 Å². The Morgan fingerprint density at radius 1 is 1.38 bits per heavy atom. The number of hydrogen-bond donors (Lipinski definition) is 2. The highest BCUT2D eigenvalue weighted by molar-refractivity contribution is 7.98. The summed E-state index contributed by atoms with van der Waals surface area (Å²) >= 11 is 1.72. The largest absolute Gasteiger partial charge is 0.481 e. The second kappa shape index (κ2) is 8.38. The van der Waals surface area contributed by atoms with E-state index in [1.165, 1.54) is 0 Å². The lowest BCUT2D eigenvalue weighted by molar-refractivity contribution is -0.137. The molecule has 0 radical (unpaired) electrons. The fourth-order valence-electron chi connectivity index (χ4n) is 1.05. The van der Waals surface area contributed by atoms with Crippen LogP contribution in [0.2, 0.25) is 0 Å². The van der Waals surface area contributed by atoms with Crippen molar-refractivity contribution >= 4 is 17.7 Å². The van der Waals surface area contributed by atoms with Crippen LogP contribution in [0.5, 0.6) is 0 Å². The minimum absolute atomic E-state index is 0.218. The summed E-state index contributed by atoms with van der Waals surface area (Å²) in [5.41, 5.74) is 0. The number of aliphatic hydroxyl groups is 1. The summed E-state index contributed by atoms with van der Waals surface area (Å²) in [6, 6.07) is 0. The van der Waals surface area contributed by atoms with E-state index in [9.17, 15) is 9.90 Å². The SMILES string of the molecule is CSCCC(O)CCCCC(=O)O. The molecule has 4 heteroatoms. The van der Waals surface area contributed by atoms with Crippen LogP contribution in [0.4, 0.5) is 0 Å². The topological polar surface area (TPSA) is 57.5 Å². The third-order valence-electron chi connectivity index (χ3n) is 1.83. The van der Waals surface area contributed by atoms with Gasteiger partial charge in [-0.25, -0.2) is 0 Å². The Morgan fingerprint density at radius 2 is 2.08 bits per heavy atom. The number of aliphatic carboxylic acids is 1. The molecule has 0 aromatic rings. The number of thioether (sulfide) groups is 1. The molecule has 0 rings (SSSR count). The zero-order valence-electron chi connectivity index (χ0n) is 8.03. The van der Waals surface area contributed by atoms with Crippen LogP contribution >= 0.6 is 11.8 Å². The third kappa shape index (κ3) is 9.70. The van der Waals surface area contributed by atoms with Crippen LogP contribution in [0.15, 0.2) is 0 Å². The minimum Gasteiger partial charge on any atom is -0.481 e. The van der Waals surface area contributed by atoms with Crippen molar-refractivity contribution < 1.29 is 15.0 Å². The maximum Gasteiger partial charge on any atom is 0.303 e. The van der Waals surface area contributed by atoms with E-state index in [1.807, 2.05) is 6.26 Å². The van der Waals surface area contributed by atoms with Crippen LogP contribution in [0, 0.1) is 0 Å². The maximum absolute atomic E-state index is 10.2. The summed E-state index contributed by atoms with van der Waals surface area (Å²) in [4.78, 5) is 10.2. The average Bonchev–Trinajstić information content (AvgIpc) is 2.08. The van der Waals surface area contributed by atoms with Gasteiger partial charge in [-0.05, 0) is 31.3 Å². The van der Waals surface area contributed by atoms with Crippen LogP contribution < -0.4 is 0 Å². The summed E-state index contributed by atoms with van der Waals surface area (Å²) in [5, 5.41) is 17.7. The number of rotatable bonds is 8. The molecule has 0 fully saturated rings. The summed E-state index contributed by atoms with van der Waals surface area (Å²) in [5.74, 6) is 0.221. The van der Waals surface area contributed by atoms with Crippen molar-refractivity contribution in [3.63, 3.8) is 0 Å². The summed E-state index contributed by atoms with van der Waals surface area (Å²) in [7, 11) is 0. The lowest BCUT2D eigenvalue weighted by Gasteiger charge is -2.08. The molecule has 0 heterocycles. The monoisotopic (exact) mass is 206 g/mol. The van der Waals surface area contributed by atoms with Gasteiger partial charge in [-0.3, -0.25) is 4.79 Å². The molecule has 13 heavy (non-hydrogen) atoms. The zero-order chi connectivity index (χ0) is 10.1. The standard InChI is InChI=1S/C9H18O3S/c1-13-7-6-8(10)4-2-3-5-9(11)12/h8,10H,2-7H2,1H3,(H,11,12). The van der Waals surface area contributed by atoms with Gasteiger partial charge in [0.15, 0.2) is 0 Å². The number of carboxylic acids is 1. The molecule has 3 nitrogen and oxygen atoms in total. The lowest BCUT2D eigenvalue weighted by Crippen LogP contribution is -2.07. The first kappa shape index (κ1) is 12.8.